The van der Waals surface area contributed by atoms with Crippen LogP contribution in [-0.4, -0.2) is 30.9 Å². The number of anilines is 2. The number of aryl methyl sites for hydroxylation is 2. The third kappa shape index (κ3) is 5.61. The number of carbonyl (C=O) groups excluding carboxylic acids is 3. The first-order valence-electron chi connectivity index (χ1n) is 11.1. The van der Waals surface area contributed by atoms with Gasteiger partial charge in [-0.25, -0.2) is 0 Å². The summed E-state index contributed by atoms with van der Waals surface area (Å²) in [6.07, 6.45) is 0.0657. The third-order valence-electron chi connectivity index (χ3n) is 5.72. The largest absolute Gasteiger partial charge is 0.457 e. The van der Waals surface area contributed by atoms with E-state index < -0.39 is 24.4 Å². The first kappa shape index (κ1) is 23.0. The Morgan fingerprint density at radius 1 is 0.941 bits per heavy atom. The normalized spacial score (nSPS) is 15.2. The van der Waals surface area contributed by atoms with E-state index in [4.69, 9.17) is 9.47 Å². The minimum atomic E-state index is -0.601. The molecule has 7 heteroatoms. The fourth-order valence-electron chi connectivity index (χ4n) is 3.69. The zero-order valence-corrected chi connectivity index (χ0v) is 19.1. The predicted molar refractivity (Wildman–Crippen MR) is 129 cm³/mol. The number of ether oxygens (including phenoxy) is 2. The molecule has 1 aliphatic heterocycles. The van der Waals surface area contributed by atoms with Crippen molar-refractivity contribution >= 4 is 29.2 Å². The fraction of sp³-hybridized carbons (Fsp3) is 0.222. The van der Waals surface area contributed by atoms with Gasteiger partial charge in [-0.2, -0.15) is 0 Å². The number of hydrogen-bond donors (Lipinski definition) is 1. The first-order chi connectivity index (χ1) is 16.4. The van der Waals surface area contributed by atoms with E-state index in [1.54, 1.807) is 29.2 Å². The second-order valence-electron chi connectivity index (χ2n) is 8.27. The number of benzene rings is 3. The van der Waals surface area contributed by atoms with Crippen LogP contribution in [0.5, 0.6) is 11.5 Å². The molecule has 2 amide bonds. The molecule has 1 atom stereocenters. The Balaban J connectivity index is 1.25. The van der Waals surface area contributed by atoms with Crippen molar-refractivity contribution in [1.29, 1.82) is 0 Å². The molecule has 0 saturated carbocycles. The van der Waals surface area contributed by atoms with Crippen molar-refractivity contribution in [3.05, 3.63) is 83.9 Å². The maximum absolute atomic E-state index is 12.5. The number of nitrogens with one attached hydrogen (secondary N) is 1. The lowest BCUT2D eigenvalue weighted by Crippen LogP contribution is -2.28. The van der Waals surface area contributed by atoms with Crippen LogP contribution in [0, 0.1) is 19.8 Å². The number of nitrogens with zero attached hydrogens (tertiary/aromatic N) is 1. The Morgan fingerprint density at radius 3 is 2.35 bits per heavy atom. The van der Waals surface area contributed by atoms with Crippen LogP contribution in [0.3, 0.4) is 0 Å². The van der Waals surface area contributed by atoms with Gasteiger partial charge in [-0.15, -0.1) is 0 Å². The lowest BCUT2D eigenvalue weighted by atomic mass is 10.1. The Hall–Kier alpha value is -4.13. The number of carbonyl (C=O) groups is 3. The van der Waals surface area contributed by atoms with Gasteiger partial charge in [0, 0.05) is 24.3 Å². The number of amides is 2. The van der Waals surface area contributed by atoms with Gasteiger partial charge in [0.2, 0.25) is 5.91 Å². The highest BCUT2D eigenvalue weighted by molar-refractivity contribution is 6.00. The van der Waals surface area contributed by atoms with Crippen LogP contribution in [0.1, 0.15) is 17.5 Å². The zero-order valence-electron chi connectivity index (χ0n) is 19.1. The Bertz CT molecular complexity index is 1190. The smallest absolute Gasteiger partial charge is 0.311 e. The second-order valence-corrected chi connectivity index (χ2v) is 8.27. The molecule has 1 N–H and O–H groups in total. The molecule has 3 aromatic carbocycles. The summed E-state index contributed by atoms with van der Waals surface area (Å²) >= 11 is 0. The van der Waals surface area contributed by atoms with E-state index in [0.717, 1.165) is 16.8 Å². The molecule has 1 aliphatic rings. The van der Waals surface area contributed by atoms with E-state index in [1.807, 2.05) is 62.4 Å². The van der Waals surface area contributed by atoms with Crippen molar-refractivity contribution in [1.82, 2.24) is 0 Å². The standard InChI is InChI=1S/C27H26N2O5/c1-18-8-11-22(14-19(18)2)29-16-20(15-26(29)31)27(32)33-17-25(30)28-21-9-12-24(13-10-21)34-23-6-4-3-5-7-23/h3-14,20H,15-17H2,1-2H3,(H,28,30)/t20-/m0/s1. The highest BCUT2D eigenvalue weighted by Gasteiger charge is 2.36. The van der Waals surface area contributed by atoms with Crippen LogP contribution in [0.2, 0.25) is 0 Å². The molecule has 3 aromatic rings. The van der Waals surface area contributed by atoms with Gasteiger partial charge in [-0.05, 0) is 73.5 Å². The second kappa shape index (κ2) is 10.2. The van der Waals surface area contributed by atoms with E-state index in [0.29, 0.717) is 17.2 Å². The van der Waals surface area contributed by atoms with Crippen LogP contribution in [-0.2, 0) is 19.1 Å². The van der Waals surface area contributed by atoms with Gasteiger partial charge in [0.1, 0.15) is 11.5 Å². The molecule has 1 fully saturated rings. The molecule has 0 aliphatic carbocycles. The molecule has 174 valence electrons. The summed E-state index contributed by atoms with van der Waals surface area (Å²) in [5.74, 6) is -0.395. The summed E-state index contributed by atoms with van der Waals surface area (Å²) in [6, 6.07) is 22.0. The maximum atomic E-state index is 12.5. The van der Waals surface area contributed by atoms with Crippen molar-refractivity contribution in [2.24, 2.45) is 5.92 Å². The van der Waals surface area contributed by atoms with Crippen molar-refractivity contribution in [2.45, 2.75) is 20.3 Å². The number of para-hydroxylation sites is 1. The average Bonchev–Trinajstić information content (AvgIpc) is 3.23. The molecular formula is C27H26N2O5. The van der Waals surface area contributed by atoms with E-state index in [2.05, 4.69) is 5.32 Å². The molecule has 0 aromatic heterocycles. The minimum absolute atomic E-state index is 0.0657. The molecule has 1 saturated heterocycles. The van der Waals surface area contributed by atoms with Crippen LogP contribution in [0.4, 0.5) is 11.4 Å². The van der Waals surface area contributed by atoms with Crippen LogP contribution < -0.4 is 15.0 Å². The molecule has 0 bridgehead atoms. The van der Waals surface area contributed by atoms with Crippen LogP contribution in [0.15, 0.2) is 72.8 Å². The number of rotatable bonds is 7. The van der Waals surface area contributed by atoms with Gasteiger partial charge < -0.3 is 19.7 Å². The zero-order chi connectivity index (χ0) is 24.1. The highest BCUT2D eigenvalue weighted by Crippen LogP contribution is 2.27. The van der Waals surface area contributed by atoms with Crippen molar-refractivity contribution in [2.75, 3.05) is 23.4 Å². The molecule has 34 heavy (non-hydrogen) atoms. The van der Waals surface area contributed by atoms with Gasteiger partial charge in [0.05, 0.1) is 5.92 Å². The van der Waals surface area contributed by atoms with Crippen molar-refractivity contribution < 1.29 is 23.9 Å². The van der Waals surface area contributed by atoms with E-state index >= 15 is 0 Å². The monoisotopic (exact) mass is 458 g/mol. The van der Waals surface area contributed by atoms with Crippen molar-refractivity contribution in [3.8, 4) is 11.5 Å². The molecule has 0 unspecified atom stereocenters. The van der Waals surface area contributed by atoms with Crippen LogP contribution in [0.25, 0.3) is 0 Å². The SMILES string of the molecule is Cc1ccc(N2C[C@@H](C(=O)OCC(=O)Nc3ccc(Oc4ccccc4)cc3)CC2=O)cc1C. The molecule has 0 spiro atoms. The van der Waals surface area contributed by atoms with Crippen LogP contribution >= 0.6 is 0 Å². The van der Waals surface area contributed by atoms with Gasteiger partial charge in [0.25, 0.3) is 5.91 Å². The average molecular weight is 459 g/mol. The quantitative estimate of drug-likeness (QED) is 0.522. The Morgan fingerprint density at radius 2 is 1.65 bits per heavy atom. The predicted octanol–water partition coefficient (Wildman–Crippen LogP) is 4.63. The maximum Gasteiger partial charge on any atom is 0.311 e. The Labute approximate surface area is 198 Å². The highest BCUT2D eigenvalue weighted by atomic mass is 16.5. The van der Waals surface area contributed by atoms with Gasteiger partial charge in [-0.1, -0.05) is 24.3 Å². The van der Waals surface area contributed by atoms with Crippen molar-refractivity contribution in [3.63, 3.8) is 0 Å². The molecule has 0 radical (unpaired) electrons. The minimum Gasteiger partial charge on any atom is -0.457 e. The summed E-state index contributed by atoms with van der Waals surface area (Å²) in [5.41, 5.74) is 3.53. The number of hydrogen-bond acceptors (Lipinski definition) is 5. The van der Waals surface area contributed by atoms with Gasteiger partial charge in [-0.3, -0.25) is 14.4 Å². The summed E-state index contributed by atoms with van der Waals surface area (Å²) in [6.45, 7) is 3.80. The molecule has 7 nitrogen and oxygen atoms in total. The van der Waals surface area contributed by atoms with Gasteiger partial charge in [0.15, 0.2) is 6.61 Å². The fourth-order valence-corrected chi connectivity index (χ4v) is 3.69. The van der Waals surface area contributed by atoms with E-state index in [9.17, 15) is 14.4 Å². The molecular weight excluding hydrogens is 432 g/mol. The first-order valence-corrected chi connectivity index (χ1v) is 11.1. The number of esters is 1. The lowest BCUT2D eigenvalue weighted by Gasteiger charge is -2.17. The van der Waals surface area contributed by atoms with Gasteiger partial charge >= 0.3 is 5.97 Å². The molecule has 4 rings (SSSR count). The lowest BCUT2D eigenvalue weighted by molar-refractivity contribution is -0.151. The third-order valence-corrected chi connectivity index (χ3v) is 5.72. The van der Waals surface area contributed by atoms with E-state index in [1.165, 1.54) is 0 Å². The van der Waals surface area contributed by atoms with E-state index in [-0.39, 0.29) is 18.9 Å². The summed E-state index contributed by atoms with van der Waals surface area (Å²) in [4.78, 5) is 38.7. The summed E-state index contributed by atoms with van der Waals surface area (Å²) in [7, 11) is 0. The Kier molecular flexibility index (Phi) is 6.92. The molecule has 1 heterocycles. The topological polar surface area (TPSA) is 84.9 Å². The summed E-state index contributed by atoms with van der Waals surface area (Å²) < 4.78 is 10.9. The summed E-state index contributed by atoms with van der Waals surface area (Å²) in [5, 5.41) is 2.68.